The van der Waals surface area contributed by atoms with Crippen LogP contribution in [0.4, 0.5) is 0 Å². The van der Waals surface area contributed by atoms with Crippen LogP contribution in [0.25, 0.3) is 0 Å². The fourth-order valence-corrected chi connectivity index (χ4v) is 1.92. The van der Waals surface area contributed by atoms with Crippen molar-refractivity contribution in [2.75, 3.05) is 13.1 Å². The summed E-state index contributed by atoms with van der Waals surface area (Å²) >= 11 is 0. The molecule has 2 heteroatoms. The molecule has 80 valence electrons. The molecule has 1 N–H and O–H groups in total. The highest BCUT2D eigenvalue weighted by Crippen LogP contribution is 2.18. The highest BCUT2D eigenvalue weighted by molar-refractivity contribution is 5.97. The summed E-state index contributed by atoms with van der Waals surface area (Å²) in [4.78, 5) is 12.0. The van der Waals surface area contributed by atoms with E-state index >= 15 is 0 Å². The van der Waals surface area contributed by atoms with Gasteiger partial charge in [0.05, 0.1) is 0 Å². The summed E-state index contributed by atoms with van der Waals surface area (Å²) in [6.07, 6.45) is 0.692. The Kier molecular flexibility index (Phi) is 2.87. The van der Waals surface area contributed by atoms with Gasteiger partial charge in [0.25, 0.3) is 0 Å². The van der Waals surface area contributed by atoms with E-state index < -0.39 is 0 Å². The fourth-order valence-electron chi connectivity index (χ4n) is 1.92. The summed E-state index contributed by atoms with van der Waals surface area (Å²) < 4.78 is 0. The Bertz CT molecular complexity index is 380. The van der Waals surface area contributed by atoms with Crippen LogP contribution in [0.15, 0.2) is 18.2 Å². The van der Waals surface area contributed by atoms with Gasteiger partial charge in [-0.25, -0.2) is 0 Å². The fraction of sp³-hybridized carbons (Fsp3) is 0.462. The normalized spacial score (nSPS) is 16.1. The van der Waals surface area contributed by atoms with Gasteiger partial charge in [0, 0.05) is 12.0 Å². The van der Waals surface area contributed by atoms with Gasteiger partial charge in [-0.2, -0.15) is 0 Å². The second-order valence-corrected chi connectivity index (χ2v) is 4.40. The minimum Gasteiger partial charge on any atom is -0.316 e. The van der Waals surface area contributed by atoms with Gasteiger partial charge in [-0.15, -0.1) is 0 Å². The molecular weight excluding hydrogens is 186 g/mol. The van der Waals surface area contributed by atoms with Crippen molar-refractivity contribution in [3.8, 4) is 0 Å². The van der Waals surface area contributed by atoms with Gasteiger partial charge in [0.1, 0.15) is 0 Å². The van der Waals surface area contributed by atoms with Crippen molar-refractivity contribution in [1.82, 2.24) is 5.32 Å². The Hall–Kier alpha value is -1.15. The Morgan fingerprint density at radius 3 is 2.73 bits per heavy atom. The maximum Gasteiger partial charge on any atom is 0.163 e. The minimum absolute atomic E-state index is 0.294. The molecule has 0 aromatic heterocycles. The van der Waals surface area contributed by atoms with E-state index in [0.29, 0.717) is 18.1 Å². The summed E-state index contributed by atoms with van der Waals surface area (Å²) in [5.74, 6) is 0.847. The van der Waals surface area contributed by atoms with Gasteiger partial charge in [-0.05, 0) is 44.0 Å². The van der Waals surface area contributed by atoms with Crippen molar-refractivity contribution >= 4 is 5.78 Å². The smallest absolute Gasteiger partial charge is 0.163 e. The molecule has 0 spiro atoms. The first-order valence-electron chi connectivity index (χ1n) is 5.48. The van der Waals surface area contributed by atoms with E-state index in [1.807, 2.05) is 19.1 Å². The largest absolute Gasteiger partial charge is 0.316 e. The lowest BCUT2D eigenvalue weighted by atomic mass is 9.91. The van der Waals surface area contributed by atoms with Crippen molar-refractivity contribution in [3.63, 3.8) is 0 Å². The van der Waals surface area contributed by atoms with Gasteiger partial charge in [0.15, 0.2) is 5.78 Å². The number of carbonyl (C=O) groups excluding carboxylic acids is 1. The predicted molar refractivity (Wildman–Crippen MR) is 61.2 cm³/mol. The zero-order chi connectivity index (χ0) is 10.8. The minimum atomic E-state index is 0.294. The van der Waals surface area contributed by atoms with Crippen LogP contribution in [-0.2, 0) is 0 Å². The first kappa shape index (κ1) is 10.4. The molecular formula is C13H17NO. The Balaban J connectivity index is 2.13. The molecule has 0 saturated carbocycles. The molecule has 1 aliphatic rings. The SMILES string of the molecule is Cc1cccc(C(=O)CC2CNC2)c1C. The van der Waals surface area contributed by atoms with E-state index in [4.69, 9.17) is 0 Å². The van der Waals surface area contributed by atoms with Crippen molar-refractivity contribution < 1.29 is 4.79 Å². The number of Topliss-reactive ketones (excluding diaryl/α,β-unsaturated/α-hetero) is 1. The van der Waals surface area contributed by atoms with Crippen molar-refractivity contribution in [3.05, 3.63) is 34.9 Å². The molecule has 1 aliphatic heterocycles. The number of carbonyl (C=O) groups is 1. The molecule has 0 amide bonds. The van der Waals surface area contributed by atoms with E-state index in [2.05, 4.69) is 18.3 Å². The standard InChI is InChI=1S/C13H17NO/c1-9-4-3-5-12(10(9)2)13(15)6-11-7-14-8-11/h3-5,11,14H,6-8H2,1-2H3. The Morgan fingerprint density at radius 2 is 2.13 bits per heavy atom. The number of nitrogens with one attached hydrogen (secondary N) is 1. The molecule has 15 heavy (non-hydrogen) atoms. The van der Waals surface area contributed by atoms with Crippen LogP contribution in [0.2, 0.25) is 0 Å². The lowest BCUT2D eigenvalue weighted by molar-refractivity contribution is 0.0945. The Labute approximate surface area is 90.7 Å². The van der Waals surface area contributed by atoms with E-state index in [9.17, 15) is 4.79 Å². The van der Waals surface area contributed by atoms with Crippen molar-refractivity contribution in [1.29, 1.82) is 0 Å². The molecule has 0 unspecified atom stereocenters. The predicted octanol–water partition coefficient (Wildman–Crippen LogP) is 2.10. The molecule has 1 aromatic rings. The third-order valence-electron chi connectivity index (χ3n) is 3.25. The zero-order valence-electron chi connectivity index (χ0n) is 9.34. The lowest BCUT2D eigenvalue weighted by Gasteiger charge is -2.26. The summed E-state index contributed by atoms with van der Waals surface area (Å²) in [5, 5.41) is 3.19. The molecule has 0 radical (unpaired) electrons. The summed E-state index contributed by atoms with van der Waals surface area (Å²) in [5.41, 5.74) is 3.24. The molecule has 0 aliphatic carbocycles. The molecule has 2 rings (SSSR count). The first-order valence-corrected chi connectivity index (χ1v) is 5.48. The van der Waals surface area contributed by atoms with Crippen molar-refractivity contribution in [2.24, 2.45) is 5.92 Å². The van der Waals surface area contributed by atoms with Gasteiger partial charge in [0.2, 0.25) is 0 Å². The third-order valence-corrected chi connectivity index (χ3v) is 3.25. The molecule has 0 bridgehead atoms. The van der Waals surface area contributed by atoms with Crippen LogP contribution >= 0.6 is 0 Å². The quantitative estimate of drug-likeness (QED) is 0.762. The second-order valence-electron chi connectivity index (χ2n) is 4.40. The number of aryl methyl sites for hydroxylation is 1. The lowest BCUT2D eigenvalue weighted by Crippen LogP contribution is -2.43. The maximum atomic E-state index is 12.0. The number of rotatable bonds is 3. The molecule has 1 heterocycles. The first-order chi connectivity index (χ1) is 7.18. The summed E-state index contributed by atoms with van der Waals surface area (Å²) in [6, 6.07) is 5.96. The van der Waals surface area contributed by atoms with Crippen LogP contribution in [0, 0.1) is 19.8 Å². The summed E-state index contributed by atoms with van der Waals surface area (Å²) in [7, 11) is 0. The summed E-state index contributed by atoms with van der Waals surface area (Å²) in [6.45, 7) is 6.08. The third kappa shape index (κ3) is 2.10. The van der Waals surface area contributed by atoms with Crippen LogP contribution in [-0.4, -0.2) is 18.9 Å². The number of ketones is 1. The van der Waals surface area contributed by atoms with E-state index in [1.165, 1.54) is 5.56 Å². The second kappa shape index (κ2) is 4.15. The molecule has 1 aromatic carbocycles. The Morgan fingerprint density at radius 1 is 1.40 bits per heavy atom. The van der Waals surface area contributed by atoms with Gasteiger partial charge in [-0.1, -0.05) is 18.2 Å². The van der Waals surface area contributed by atoms with Gasteiger partial charge < -0.3 is 5.32 Å². The van der Waals surface area contributed by atoms with E-state index in [1.54, 1.807) is 0 Å². The van der Waals surface area contributed by atoms with Gasteiger partial charge >= 0.3 is 0 Å². The molecule has 2 nitrogen and oxygen atoms in total. The molecule has 1 fully saturated rings. The van der Waals surface area contributed by atoms with E-state index in [-0.39, 0.29) is 0 Å². The van der Waals surface area contributed by atoms with Gasteiger partial charge in [-0.3, -0.25) is 4.79 Å². The number of hydrogen-bond donors (Lipinski definition) is 1. The number of benzene rings is 1. The average molecular weight is 203 g/mol. The van der Waals surface area contributed by atoms with Crippen molar-refractivity contribution in [2.45, 2.75) is 20.3 Å². The molecule has 1 saturated heterocycles. The highest BCUT2D eigenvalue weighted by atomic mass is 16.1. The molecule has 0 atom stereocenters. The van der Waals surface area contributed by atoms with Crippen LogP contribution in [0.5, 0.6) is 0 Å². The van der Waals surface area contributed by atoms with Crippen LogP contribution in [0.1, 0.15) is 27.9 Å². The number of hydrogen-bond acceptors (Lipinski definition) is 2. The maximum absolute atomic E-state index is 12.0. The average Bonchev–Trinajstić information content (AvgIpc) is 2.15. The zero-order valence-corrected chi connectivity index (χ0v) is 9.34. The monoisotopic (exact) mass is 203 g/mol. The topological polar surface area (TPSA) is 29.1 Å². The highest BCUT2D eigenvalue weighted by Gasteiger charge is 2.21. The van der Waals surface area contributed by atoms with Crippen LogP contribution in [0.3, 0.4) is 0 Å². The van der Waals surface area contributed by atoms with Crippen LogP contribution < -0.4 is 5.32 Å². The van der Waals surface area contributed by atoms with E-state index in [0.717, 1.165) is 24.2 Å².